The first-order valence-electron chi connectivity index (χ1n) is 7.96. The normalized spacial score (nSPS) is 16.0. The van der Waals surface area contributed by atoms with Crippen LogP contribution in [0.3, 0.4) is 0 Å². The second kappa shape index (κ2) is 6.80. The van der Waals surface area contributed by atoms with Gasteiger partial charge in [0, 0.05) is 30.4 Å². The number of carbonyl (C=O) groups is 1. The molecule has 23 heavy (non-hydrogen) atoms. The fourth-order valence-corrected chi connectivity index (χ4v) is 4.07. The average Bonchev–Trinajstić information content (AvgIpc) is 2.87. The van der Waals surface area contributed by atoms with Crippen molar-refractivity contribution in [2.45, 2.75) is 26.7 Å². The Kier molecular flexibility index (Phi) is 4.77. The molecule has 0 aromatic carbocycles. The van der Waals surface area contributed by atoms with Crippen LogP contribution in [0.1, 0.15) is 23.3 Å². The number of rotatable bonds is 4. The number of anilines is 1. The molecular weight excluding hydrogens is 312 g/mol. The molecule has 124 valence electrons. The lowest BCUT2D eigenvalue weighted by Crippen LogP contribution is -2.41. The number of nitrogens with one attached hydrogen (secondary N) is 1. The van der Waals surface area contributed by atoms with E-state index in [1.54, 1.807) is 17.7 Å². The Morgan fingerprint density at radius 1 is 1.39 bits per heavy atom. The molecule has 6 nitrogen and oxygen atoms in total. The molecule has 3 heterocycles. The lowest BCUT2D eigenvalue weighted by molar-refractivity contribution is -0.125. The number of hydrogen-bond donors (Lipinski definition) is 2. The Morgan fingerprint density at radius 2 is 2.13 bits per heavy atom. The molecule has 3 rings (SSSR count). The van der Waals surface area contributed by atoms with Crippen molar-refractivity contribution in [1.29, 1.82) is 0 Å². The van der Waals surface area contributed by atoms with Crippen molar-refractivity contribution >= 4 is 33.3 Å². The van der Waals surface area contributed by atoms with Gasteiger partial charge < -0.3 is 15.3 Å². The summed E-state index contributed by atoms with van der Waals surface area (Å²) in [5, 5.41) is 12.7. The lowest BCUT2D eigenvalue weighted by Gasteiger charge is -2.32. The van der Waals surface area contributed by atoms with Crippen LogP contribution in [0.5, 0.6) is 0 Å². The van der Waals surface area contributed by atoms with Crippen molar-refractivity contribution in [3.63, 3.8) is 0 Å². The van der Waals surface area contributed by atoms with Crippen LogP contribution < -0.4 is 10.2 Å². The minimum absolute atomic E-state index is 0.0136. The van der Waals surface area contributed by atoms with E-state index >= 15 is 0 Å². The van der Waals surface area contributed by atoms with Gasteiger partial charge in [-0.1, -0.05) is 0 Å². The maximum absolute atomic E-state index is 12.0. The van der Waals surface area contributed by atoms with Crippen molar-refractivity contribution in [3.05, 3.63) is 16.8 Å². The number of aryl methyl sites for hydroxylation is 2. The van der Waals surface area contributed by atoms with Gasteiger partial charge in [0.1, 0.15) is 17.0 Å². The van der Waals surface area contributed by atoms with Crippen LogP contribution in [0.2, 0.25) is 0 Å². The summed E-state index contributed by atoms with van der Waals surface area (Å²) in [6.07, 6.45) is 3.25. The summed E-state index contributed by atoms with van der Waals surface area (Å²) in [5.41, 5.74) is 1.25. The predicted octanol–water partition coefficient (Wildman–Crippen LogP) is 1.63. The molecule has 2 N–H and O–H groups in total. The van der Waals surface area contributed by atoms with Crippen molar-refractivity contribution in [3.8, 4) is 0 Å². The number of aliphatic hydroxyl groups is 1. The zero-order valence-electron chi connectivity index (χ0n) is 13.5. The van der Waals surface area contributed by atoms with Crippen LogP contribution in [0, 0.1) is 19.8 Å². The Balaban J connectivity index is 1.74. The van der Waals surface area contributed by atoms with Crippen LogP contribution in [-0.4, -0.2) is 47.2 Å². The van der Waals surface area contributed by atoms with Gasteiger partial charge in [-0.05, 0) is 32.3 Å². The van der Waals surface area contributed by atoms with E-state index in [4.69, 9.17) is 5.11 Å². The molecule has 1 aliphatic rings. The molecule has 0 aliphatic carbocycles. The number of nitrogens with zero attached hydrogens (tertiary/aromatic N) is 3. The molecule has 7 heteroatoms. The second-order valence-corrected chi connectivity index (χ2v) is 7.14. The summed E-state index contributed by atoms with van der Waals surface area (Å²) in [7, 11) is 0. The number of fused-ring (bicyclic) bond motifs is 1. The molecule has 0 unspecified atom stereocenters. The van der Waals surface area contributed by atoms with E-state index in [9.17, 15) is 4.79 Å². The molecule has 1 aliphatic heterocycles. The number of carbonyl (C=O) groups excluding carboxylic acids is 1. The number of aromatic nitrogens is 2. The third kappa shape index (κ3) is 3.16. The standard InChI is InChI=1S/C16H22N4O2S/c1-10-11(2)23-16-13(10)14(18-9-19-16)20-6-3-12(4-7-20)15(22)17-5-8-21/h9,12,21H,3-8H2,1-2H3,(H,17,22). The Labute approximate surface area is 139 Å². The quantitative estimate of drug-likeness (QED) is 0.888. The molecule has 0 atom stereocenters. The highest BCUT2D eigenvalue weighted by Gasteiger charge is 2.27. The highest BCUT2D eigenvalue weighted by molar-refractivity contribution is 7.18. The first-order valence-corrected chi connectivity index (χ1v) is 8.77. The van der Waals surface area contributed by atoms with Crippen LogP contribution in [0.25, 0.3) is 10.2 Å². The minimum atomic E-state index is -0.0136. The Hall–Kier alpha value is -1.73. The molecule has 0 radical (unpaired) electrons. The second-order valence-electron chi connectivity index (χ2n) is 5.94. The smallest absolute Gasteiger partial charge is 0.223 e. The van der Waals surface area contributed by atoms with E-state index in [1.807, 2.05) is 0 Å². The first-order chi connectivity index (χ1) is 11.1. The molecule has 2 aromatic rings. The van der Waals surface area contributed by atoms with Crippen molar-refractivity contribution in [2.75, 3.05) is 31.1 Å². The Bertz CT molecular complexity index is 707. The lowest BCUT2D eigenvalue weighted by atomic mass is 9.95. The van der Waals surface area contributed by atoms with Gasteiger partial charge in [0.15, 0.2) is 0 Å². The number of piperidine rings is 1. The highest BCUT2D eigenvalue weighted by atomic mass is 32.1. The average molecular weight is 334 g/mol. The minimum Gasteiger partial charge on any atom is -0.395 e. The van der Waals surface area contributed by atoms with Gasteiger partial charge in [-0.15, -0.1) is 11.3 Å². The zero-order valence-corrected chi connectivity index (χ0v) is 14.3. The number of thiophene rings is 1. The van der Waals surface area contributed by atoms with E-state index in [-0.39, 0.29) is 18.4 Å². The third-order valence-corrected chi connectivity index (χ3v) is 5.64. The first kappa shape index (κ1) is 16.1. The van der Waals surface area contributed by atoms with Crippen LogP contribution >= 0.6 is 11.3 Å². The van der Waals surface area contributed by atoms with Crippen molar-refractivity contribution in [1.82, 2.24) is 15.3 Å². The SMILES string of the molecule is Cc1sc2ncnc(N3CCC(C(=O)NCCO)CC3)c2c1C. The third-order valence-electron chi connectivity index (χ3n) is 4.52. The molecule has 0 bridgehead atoms. The van der Waals surface area contributed by atoms with Gasteiger partial charge in [-0.2, -0.15) is 0 Å². The molecule has 1 saturated heterocycles. The predicted molar refractivity (Wildman–Crippen MR) is 91.9 cm³/mol. The monoisotopic (exact) mass is 334 g/mol. The summed E-state index contributed by atoms with van der Waals surface area (Å²) in [6, 6.07) is 0. The number of aliphatic hydroxyl groups excluding tert-OH is 1. The van der Waals surface area contributed by atoms with Crippen LogP contribution in [-0.2, 0) is 4.79 Å². The summed E-state index contributed by atoms with van der Waals surface area (Å²) >= 11 is 1.71. The molecule has 1 fully saturated rings. The molecule has 2 aromatic heterocycles. The Morgan fingerprint density at radius 3 is 2.83 bits per heavy atom. The van der Waals surface area contributed by atoms with Gasteiger partial charge >= 0.3 is 0 Å². The van der Waals surface area contributed by atoms with Crippen molar-refractivity contribution < 1.29 is 9.90 Å². The van der Waals surface area contributed by atoms with Crippen molar-refractivity contribution in [2.24, 2.45) is 5.92 Å². The van der Waals surface area contributed by atoms with Gasteiger partial charge in [0.2, 0.25) is 5.91 Å². The fourth-order valence-electron chi connectivity index (χ4n) is 3.08. The summed E-state index contributed by atoms with van der Waals surface area (Å²) in [6.45, 7) is 6.19. The number of hydrogen-bond acceptors (Lipinski definition) is 6. The van der Waals surface area contributed by atoms with E-state index in [1.165, 1.54) is 10.4 Å². The van der Waals surface area contributed by atoms with E-state index in [0.29, 0.717) is 6.54 Å². The summed E-state index contributed by atoms with van der Waals surface area (Å²) in [4.78, 5) is 25.5. The number of amides is 1. The zero-order chi connectivity index (χ0) is 16.4. The maximum atomic E-state index is 12.0. The maximum Gasteiger partial charge on any atom is 0.223 e. The molecule has 1 amide bonds. The van der Waals surface area contributed by atoms with Gasteiger partial charge in [0.05, 0.1) is 12.0 Å². The topological polar surface area (TPSA) is 78.4 Å². The fraction of sp³-hybridized carbons (Fsp3) is 0.562. The van der Waals surface area contributed by atoms with E-state index in [2.05, 4.69) is 34.0 Å². The largest absolute Gasteiger partial charge is 0.395 e. The molecule has 0 spiro atoms. The molecular formula is C16H22N4O2S. The van der Waals surface area contributed by atoms with Crippen LogP contribution in [0.4, 0.5) is 5.82 Å². The van der Waals surface area contributed by atoms with Crippen LogP contribution in [0.15, 0.2) is 6.33 Å². The van der Waals surface area contributed by atoms with Gasteiger partial charge in [-0.25, -0.2) is 9.97 Å². The van der Waals surface area contributed by atoms with E-state index < -0.39 is 0 Å². The molecule has 0 saturated carbocycles. The van der Waals surface area contributed by atoms with Gasteiger partial charge in [-0.3, -0.25) is 4.79 Å². The highest BCUT2D eigenvalue weighted by Crippen LogP contribution is 2.35. The van der Waals surface area contributed by atoms with Gasteiger partial charge in [0.25, 0.3) is 0 Å². The van der Waals surface area contributed by atoms with E-state index in [0.717, 1.165) is 42.0 Å². The summed E-state index contributed by atoms with van der Waals surface area (Å²) in [5.74, 6) is 1.07. The summed E-state index contributed by atoms with van der Waals surface area (Å²) < 4.78 is 0.